The Kier molecular flexibility index (Phi) is 3.14. The van der Waals surface area contributed by atoms with Crippen molar-refractivity contribution in [3.05, 3.63) is 78.0 Å². The Morgan fingerprint density at radius 1 is 1.00 bits per heavy atom. The minimum Gasteiger partial charge on any atom is -0.256 e. The normalized spacial score (nSPS) is 15.9. The van der Waals surface area contributed by atoms with E-state index in [0.29, 0.717) is 0 Å². The number of aromatic nitrogens is 1. The number of fused-ring (bicyclic) bond motifs is 5. The zero-order valence-corrected chi connectivity index (χ0v) is 16.5. The molecule has 0 bridgehead atoms. The highest BCUT2D eigenvalue weighted by atomic mass is 32.1. The van der Waals surface area contributed by atoms with Gasteiger partial charge in [0.15, 0.2) is 0 Å². The van der Waals surface area contributed by atoms with Crippen LogP contribution in [0.4, 0.5) is 0 Å². The molecule has 2 aromatic heterocycles. The number of pyridine rings is 1. The summed E-state index contributed by atoms with van der Waals surface area (Å²) in [6, 6.07) is 21.1. The fourth-order valence-electron chi connectivity index (χ4n) is 4.17. The summed E-state index contributed by atoms with van der Waals surface area (Å²) in [7, 11) is 0. The van der Waals surface area contributed by atoms with E-state index in [1.165, 1.54) is 36.5 Å². The summed E-state index contributed by atoms with van der Waals surface area (Å²) < 4.78 is 19.6. The molecule has 1 aliphatic rings. The van der Waals surface area contributed by atoms with E-state index in [-0.39, 0.29) is 5.92 Å². The van der Waals surface area contributed by atoms with Crippen LogP contribution in [0.5, 0.6) is 0 Å². The average molecular weight is 382 g/mol. The molecule has 0 atom stereocenters. The topological polar surface area (TPSA) is 12.9 Å². The Labute approximate surface area is 171 Å². The van der Waals surface area contributed by atoms with Crippen LogP contribution in [0, 0.1) is 12.8 Å². The third-order valence-corrected chi connectivity index (χ3v) is 6.88. The molecule has 2 heteroatoms. The minimum atomic E-state index is -1.28. The van der Waals surface area contributed by atoms with Crippen molar-refractivity contribution >= 4 is 42.3 Å². The summed E-state index contributed by atoms with van der Waals surface area (Å²) >= 11 is 1.81. The summed E-state index contributed by atoms with van der Waals surface area (Å²) in [5.74, 6) is 0.141. The Bertz CT molecular complexity index is 1450. The van der Waals surface area contributed by atoms with Gasteiger partial charge in [-0.3, -0.25) is 4.98 Å². The molecule has 1 aliphatic carbocycles. The van der Waals surface area contributed by atoms with Gasteiger partial charge in [-0.25, -0.2) is 0 Å². The Hall–Kier alpha value is -2.71. The number of hydrogen-bond donors (Lipinski definition) is 0. The van der Waals surface area contributed by atoms with Crippen molar-refractivity contribution in [1.29, 1.82) is 0 Å². The maximum absolute atomic E-state index is 8.55. The van der Waals surface area contributed by atoms with E-state index in [4.69, 9.17) is 2.74 Å². The number of hydrogen-bond acceptors (Lipinski definition) is 2. The van der Waals surface area contributed by atoms with Crippen LogP contribution in [-0.4, -0.2) is 4.98 Å². The van der Waals surface area contributed by atoms with Crippen LogP contribution in [0.2, 0.25) is 0 Å². The van der Waals surface area contributed by atoms with Crippen molar-refractivity contribution in [3.8, 4) is 11.3 Å². The third-order valence-electron chi connectivity index (χ3n) is 5.70. The fourth-order valence-corrected chi connectivity index (χ4v) is 5.51. The average Bonchev–Trinajstić information content (AvgIpc) is 3.55. The van der Waals surface area contributed by atoms with Crippen LogP contribution in [0.25, 0.3) is 42.2 Å². The van der Waals surface area contributed by atoms with Crippen LogP contribution in [0.3, 0.4) is 0 Å². The number of aryl methyl sites for hydroxylation is 1. The first kappa shape index (κ1) is 14.3. The Morgan fingerprint density at radius 3 is 2.68 bits per heavy atom. The molecule has 136 valence electrons. The second-order valence-corrected chi connectivity index (χ2v) is 8.80. The number of nitrogens with zero attached hydrogens (tertiary/aromatic N) is 1. The predicted molar refractivity (Wildman–Crippen MR) is 121 cm³/mol. The van der Waals surface area contributed by atoms with Gasteiger partial charge >= 0.3 is 0 Å². The Balaban J connectivity index is 1.62. The lowest BCUT2D eigenvalue weighted by molar-refractivity contribution is 0.831. The largest absolute Gasteiger partial charge is 0.256 e. The second-order valence-electron chi connectivity index (χ2n) is 7.74. The standard InChI is InChI=1S/C26H21NS/c1-16-13-24-25(20-6-3-2-5-19(16)20)22-8-4-7-21(26(22)28-24)23-15-18(11-12-27-23)14-17-9-10-17/h2-8,11-13,15,17H,9-10,14H2,1H3/i14D2. The number of thiophene rings is 1. The van der Waals surface area contributed by atoms with E-state index in [0.717, 1.165) is 29.7 Å². The lowest BCUT2D eigenvalue weighted by Crippen LogP contribution is -1.90. The monoisotopic (exact) mass is 381 g/mol. The van der Waals surface area contributed by atoms with Crippen molar-refractivity contribution in [1.82, 2.24) is 4.98 Å². The molecule has 28 heavy (non-hydrogen) atoms. The smallest absolute Gasteiger partial charge is 0.0719 e. The van der Waals surface area contributed by atoms with E-state index < -0.39 is 6.37 Å². The van der Waals surface area contributed by atoms with Crippen molar-refractivity contribution in [2.24, 2.45) is 5.92 Å². The second kappa shape index (κ2) is 6.15. The molecule has 0 amide bonds. The first-order valence-electron chi connectivity index (χ1n) is 10.8. The SMILES string of the molecule is [2H]C([2H])(c1ccnc(-c2cccc3c2sc2cc(C)c4ccccc4c23)c1)C1CC1. The van der Waals surface area contributed by atoms with Crippen LogP contribution in [0.1, 0.15) is 26.7 Å². The molecule has 1 saturated carbocycles. The summed E-state index contributed by atoms with van der Waals surface area (Å²) in [5.41, 5.74) is 3.98. The summed E-state index contributed by atoms with van der Waals surface area (Å²) in [5, 5.41) is 5.15. The number of rotatable bonds is 3. The predicted octanol–water partition coefficient (Wildman–Crippen LogP) is 7.53. The fraction of sp³-hybridized carbons (Fsp3) is 0.192. The first-order valence-corrected chi connectivity index (χ1v) is 10.7. The molecule has 1 fully saturated rings. The summed E-state index contributed by atoms with van der Waals surface area (Å²) in [6.45, 7) is 2.18. The van der Waals surface area contributed by atoms with Gasteiger partial charge in [-0.05, 0) is 72.2 Å². The maximum atomic E-state index is 8.55. The van der Waals surface area contributed by atoms with Gasteiger partial charge in [0.2, 0.25) is 0 Å². The highest BCUT2D eigenvalue weighted by Gasteiger charge is 2.22. The lowest BCUT2D eigenvalue weighted by Gasteiger charge is -2.06. The van der Waals surface area contributed by atoms with Crippen molar-refractivity contribution < 1.29 is 2.74 Å². The number of benzene rings is 3. The molecule has 0 N–H and O–H groups in total. The zero-order chi connectivity index (χ0) is 20.5. The highest BCUT2D eigenvalue weighted by Crippen LogP contribution is 2.43. The molecule has 6 rings (SSSR count). The molecule has 0 saturated heterocycles. The highest BCUT2D eigenvalue weighted by molar-refractivity contribution is 7.26. The van der Waals surface area contributed by atoms with E-state index in [1.807, 2.05) is 23.5 Å². The summed E-state index contributed by atoms with van der Waals surface area (Å²) in [4.78, 5) is 4.64. The summed E-state index contributed by atoms with van der Waals surface area (Å²) in [6.07, 6.45) is 2.43. The van der Waals surface area contributed by atoms with Gasteiger partial charge in [0, 0.05) is 34.7 Å². The molecular weight excluding hydrogens is 358 g/mol. The van der Waals surface area contributed by atoms with Crippen molar-refractivity contribution in [2.45, 2.75) is 26.1 Å². The zero-order valence-electron chi connectivity index (χ0n) is 17.7. The lowest BCUT2D eigenvalue weighted by atomic mass is 9.98. The molecular formula is C26H21NS. The van der Waals surface area contributed by atoms with Gasteiger partial charge < -0.3 is 0 Å². The van der Waals surface area contributed by atoms with Gasteiger partial charge in [0.1, 0.15) is 0 Å². The van der Waals surface area contributed by atoms with Crippen LogP contribution < -0.4 is 0 Å². The van der Waals surface area contributed by atoms with Crippen LogP contribution in [0.15, 0.2) is 66.9 Å². The van der Waals surface area contributed by atoms with Gasteiger partial charge in [0.05, 0.1) is 5.69 Å². The van der Waals surface area contributed by atoms with Crippen molar-refractivity contribution in [2.75, 3.05) is 0 Å². The molecule has 5 aromatic rings. The van der Waals surface area contributed by atoms with Crippen molar-refractivity contribution in [3.63, 3.8) is 0 Å². The molecule has 3 aromatic carbocycles. The first-order chi connectivity index (χ1) is 14.5. The van der Waals surface area contributed by atoms with E-state index in [1.54, 1.807) is 6.20 Å². The van der Waals surface area contributed by atoms with Crippen LogP contribution in [-0.2, 0) is 6.37 Å². The maximum Gasteiger partial charge on any atom is 0.0719 e. The molecule has 0 spiro atoms. The third kappa shape index (κ3) is 2.56. The molecule has 0 unspecified atom stereocenters. The van der Waals surface area contributed by atoms with E-state index in [2.05, 4.69) is 60.4 Å². The molecule has 2 heterocycles. The van der Waals surface area contributed by atoms with Gasteiger partial charge in [-0.15, -0.1) is 11.3 Å². The van der Waals surface area contributed by atoms with Gasteiger partial charge in [-0.2, -0.15) is 0 Å². The molecule has 1 nitrogen and oxygen atoms in total. The van der Waals surface area contributed by atoms with E-state index >= 15 is 0 Å². The molecule has 0 radical (unpaired) electrons. The van der Waals surface area contributed by atoms with Crippen LogP contribution >= 0.6 is 11.3 Å². The molecule has 0 aliphatic heterocycles. The quantitative estimate of drug-likeness (QED) is 0.315. The van der Waals surface area contributed by atoms with Gasteiger partial charge in [0.25, 0.3) is 0 Å². The van der Waals surface area contributed by atoms with E-state index in [9.17, 15) is 0 Å². The minimum absolute atomic E-state index is 0.141. The van der Waals surface area contributed by atoms with Gasteiger partial charge in [-0.1, -0.05) is 42.5 Å². The Morgan fingerprint density at radius 2 is 1.82 bits per heavy atom.